The predicted octanol–water partition coefficient (Wildman–Crippen LogP) is 3.11. The van der Waals surface area contributed by atoms with Crippen molar-refractivity contribution in [2.75, 3.05) is 33.4 Å². The zero-order valence-corrected chi connectivity index (χ0v) is 18.4. The molecular weight excluding hydrogens is 399 g/mol. The molecule has 0 bridgehead atoms. The number of halogens is 1. The third-order valence-electron chi connectivity index (χ3n) is 5.88. The molecule has 1 fully saturated rings. The molecular formula is C23H29FN4O3. The van der Waals surface area contributed by atoms with Gasteiger partial charge in [-0.3, -0.25) is 4.79 Å². The molecule has 0 amide bonds. The Morgan fingerprint density at radius 3 is 2.84 bits per heavy atom. The summed E-state index contributed by atoms with van der Waals surface area (Å²) in [4.78, 5) is 17.0. The first-order valence-electron chi connectivity index (χ1n) is 10.6. The fourth-order valence-electron chi connectivity index (χ4n) is 4.29. The number of rotatable bonds is 6. The van der Waals surface area contributed by atoms with E-state index >= 15 is 4.39 Å². The average molecular weight is 429 g/mol. The van der Waals surface area contributed by atoms with Gasteiger partial charge in [-0.1, -0.05) is 6.92 Å². The first-order valence-corrected chi connectivity index (χ1v) is 10.6. The molecule has 0 spiro atoms. The van der Waals surface area contributed by atoms with Crippen LogP contribution in [0.4, 0.5) is 4.39 Å². The number of nitrogens with one attached hydrogen (secondary N) is 1. The quantitative estimate of drug-likeness (QED) is 0.653. The summed E-state index contributed by atoms with van der Waals surface area (Å²) in [6, 6.07) is 5.17. The Labute approximate surface area is 180 Å². The molecule has 1 aromatic carbocycles. The zero-order chi connectivity index (χ0) is 22.1. The number of nitrogens with zero attached hydrogens (tertiary/aromatic N) is 3. The molecule has 3 aromatic rings. The van der Waals surface area contributed by atoms with Crippen molar-refractivity contribution in [1.29, 1.82) is 0 Å². The standard InChI is InChI=1S/C23H29FN4O3/c1-5-17(13-30-4)28-21-18(24)9-15(20-11-25-6-7-31-20)10-19(21)26-22(28)16-8-14(2)23(29)27(3)12-16/h8-10,12,17,20,25H,5-7,11,13H2,1-4H3/t17?,20-/m1/s1. The van der Waals surface area contributed by atoms with Crippen molar-refractivity contribution < 1.29 is 13.9 Å². The molecule has 2 atom stereocenters. The van der Waals surface area contributed by atoms with Crippen molar-refractivity contribution in [3.8, 4) is 11.4 Å². The van der Waals surface area contributed by atoms with Gasteiger partial charge in [0.15, 0.2) is 0 Å². The summed E-state index contributed by atoms with van der Waals surface area (Å²) in [5.74, 6) is 0.285. The summed E-state index contributed by atoms with van der Waals surface area (Å²) < 4.78 is 30.2. The van der Waals surface area contributed by atoms with Crippen LogP contribution in [0.2, 0.25) is 0 Å². The number of fused-ring (bicyclic) bond motifs is 1. The van der Waals surface area contributed by atoms with E-state index in [2.05, 4.69) is 5.32 Å². The van der Waals surface area contributed by atoms with E-state index < -0.39 is 0 Å². The second-order valence-electron chi connectivity index (χ2n) is 8.08. The first kappa shape index (κ1) is 21.7. The molecule has 0 radical (unpaired) electrons. The zero-order valence-electron chi connectivity index (χ0n) is 18.4. The van der Waals surface area contributed by atoms with E-state index in [0.29, 0.717) is 42.2 Å². The van der Waals surface area contributed by atoms with Crippen LogP contribution in [-0.2, 0) is 16.5 Å². The second-order valence-corrected chi connectivity index (χ2v) is 8.08. The van der Waals surface area contributed by atoms with E-state index in [1.807, 2.05) is 23.6 Å². The Morgan fingerprint density at radius 1 is 1.39 bits per heavy atom. The van der Waals surface area contributed by atoms with Gasteiger partial charge in [0.1, 0.15) is 17.2 Å². The van der Waals surface area contributed by atoms with Crippen molar-refractivity contribution in [3.63, 3.8) is 0 Å². The van der Waals surface area contributed by atoms with Gasteiger partial charge < -0.3 is 23.9 Å². The van der Waals surface area contributed by atoms with E-state index in [-0.39, 0.29) is 23.5 Å². The number of morpholine rings is 1. The molecule has 31 heavy (non-hydrogen) atoms. The first-order chi connectivity index (χ1) is 14.9. The summed E-state index contributed by atoms with van der Waals surface area (Å²) in [5, 5.41) is 3.28. The maximum atomic E-state index is 15.5. The summed E-state index contributed by atoms with van der Waals surface area (Å²) >= 11 is 0. The fraction of sp³-hybridized carbons (Fsp3) is 0.478. The van der Waals surface area contributed by atoms with Crippen LogP contribution < -0.4 is 10.9 Å². The highest BCUT2D eigenvalue weighted by Gasteiger charge is 2.25. The number of hydrogen-bond donors (Lipinski definition) is 1. The van der Waals surface area contributed by atoms with Crippen LogP contribution in [0.15, 0.2) is 29.2 Å². The maximum absolute atomic E-state index is 15.5. The minimum absolute atomic E-state index is 0.0641. The molecule has 1 N–H and O–H groups in total. The van der Waals surface area contributed by atoms with Crippen LogP contribution in [0.25, 0.3) is 22.4 Å². The molecule has 4 rings (SSSR count). The van der Waals surface area contributed by atoms with E-state index in [0.717, 1.165) is 24.1 Å². The Balaban J connectivity index is 1.95. The van der Waals surface area contributed by atoms with Crippen molar-refractivity contribution in [2.24, 2.45) is 7.05 Å². The van der Waals surface area contributed by atoms with Gasteiger partial charge in [-0.05, 0) is 37.1 Å². The molecule has 3 heterocycles. The second kappa shape index (κ2) is 8.90. The molecule has 1 aliphatic heterocycles. The van der Waals surface area contributed by atoms with Crippen LogP contribution in [0, 0.1) is 12.7 Å². The molecule has 0 saturated carbocycles. The third kappa shape index (κ3) is 4.03. The third-order valence-corrected chi connectivity index (χ3v) is 5.88. The van der Waals surface area contributed by atoms with Gasteiger partial charge >= 0.3 is 0 Å². The molecule has 7 nitrogen and oxygen atoms in total. The summed E-state index contributed by atoms with van der Waals surface area (Å²) in [6.07, 6.45) is 2.29. The van der Waals surface area contributed by atoms with Gasteiger partial charge in [0.25, 0.3) is 5.56 Å². The Bertz CT molecular complexity index is 1120. The van der Waals surface area contributed by atoms with Crippen LogP contribution in [0.5, 0.6) is 0 Å². The maximum Gasteiger partial charge on any atom is 0.253 e. The number of aryl methyl sites for hydroxylation is 2. The van der Waals surface area contributed by atoms with E-state index in [1.54, 1.807) is 33.3 Å². The Kier molecular flexibility index (Phi) is 6.22. The van der Waals surface area contributed by atoms with Crippen molar-refractivity contribution >= 4 is 11.0 Å². The lowest BCUT2D eigenvalue weighted by Crippen LogP contribution is -2.33. The average Bonchev–Trinajstić information content (AvgIpc) is 3.16. The summed E-state index contributed by atoms with van der Waals surface area (Å²) in [6.45, 7) is 6.27. The number of imidazole rings is 1. The summed E-state index contributed by atoms with van der Waals surface area (Å²) in [7, 11) is 3.35. The molecule has 1 unspecified atom stereocenters. The number of pyridine rings is 1. The van der Waals surface area contributed by atoms with Gasteiger partial charge in [-0.2, -0.15) is 0 Å². The lowest BCUT2D eigenvalue weighted by molar-refractivity contribution is 0.0276. The molecule has 1 saturated heterocycles. The lowest BCUT2D eigenvalue weighted by atomic mass is 10.1. The van der Waals surface area contributed by atoms with E-state index in [1.165, 1.54) is 4.57 Å². The Morgan fingerprint density at radius 2 is 2.19 bits per heavy atom. The fourth-order valence-corrected chi connectivity index (χ4v) is 4.29. The number of ether oxygens (including phenoxy) is 2. The predicted molar refractivity (Wildman–Crippen MR) is 118 cm³/mol. The van der Waals surface area contributed by atoms with Crippen molar-refractivity contribution in [3.05, 3.63) is 51.7 Å². The van der Waals surface area contributed by atoms with Gasteiger partial charge in [0, 0.05) is 44.6 Å². The van der Waals surface area contributed by atoms with E-state index in [4.69, 9.17) is 14.5 Å². The van der Waals surface area contributed by atoms with Crippen LogP contribution in [0.3, 0.4) is 0 Å². The minimum Gasteiger partial charge on any atom is -0.383 e. The number of methoxy groups -OCH3 is 1. The molecule has 0 aliphatic carbocycles. The van der Waals surface area contributed by atoms with Gasteiger partial charge in [0.05, 0.1) is 30.9 Å². The number of benzene rings is 1. The SMILES string of the molecule is CCC(COC)n1c(-c2cc(C)c(=O)n(C)c2)nc2cc([C@H]3CNCCO3)cc(F)c21. The topological polar surface area (TPSA) is 70.3 Å². The molecule has 8 heteroatoms. The van der Waals surface area contributed by atoms with Gasteiger partial charge in [-0.25, -0.2) is 9.37 Å². The number of hydrogen-bond acceptors (Lipinski definition) is 5. The monoisotopic (exact) mass is 428 g/mol. The van der Waals surface area contributed by atoms with Crippen LogP contribution in [-0.4, -0.2) is 47.5 Å². The van der Waals surface area contributed by atoms with Gasteiger partial charge in [-0.15, -0.1) is 0 Å². The number of aromatic nitrogens is 3. The highest BCUT2D eigenvalue weighted by molar-refractivity contribution is 5.82. The minimum atomic E-state index is -0.337. The largest absolute Gasteiger partial charge is 0.383 e. The van der Waals surface area contributed by atoms with Gasteiger partial charge in [0.2, 0.25) is 0 Å². The highest BCUT2D eigenvalue weighted by atomic mass is 19.1. The molecule has 2 aromatic heterocycles. The van der Waals surface area contributed by atoms with Crippen molar-refractivity contribution in [1.82, 2.24) is 19.4 Å². The molecule has 166 valence electrons. The Hall–Kier alpha value is -2.55. The normalized spacial score (nSPS) is 17.9. The summed E-state index contributed by atoms with van der Waals surface area (Å²) in [5.41, 5.74) is 3.09. The highest BCUT2D eigenvalue weighted by Crippen LogP contribution is 2.34. The van der Waals surface area contributed by atoms with Crippen molar-refractivity contribution in [2.45, 2.75) is 32.4 Å². The molecule has 1 aliphatic rings. The van der Waals surface area contributed by atoms with Crippen LogP contribution in [0.1, 0.15) is 36.6 Å². The van der Waals surface area contributed by atoms with Crippen LogP contribution >= 0.6 is 0 Å². The van der Waals surface area contributed by atoms with E-state index in [9.17, 15) is 4.79 Å². The smallest absolute Gasteiger partial charge is 0.253 e. The lowest BCUT2D eigenvalue weighted by Gasteiger charge is -2.24.